The molecule has 0 spiro atoms. The van der Waals surface area contributed by atoms with E-state index < -0.39 is 38.6 Å². The van der Waals surface area contributed by atoms with E-state index in [0.717, 1.165) is 51.4 Å². The molecule has 58 heavy (non-hydrogen) atoms. The van der Waals surface area contributed by atoms with Crippen molar-refractivity contribution in [3.63, 3.8) is 0 Å². The van der Waals surface area contributed by atoms with Gasteiger partial charge in [0.15, 0.2) is 11.9 Å². The van der Waals surface area contributed by atoms with Gasteiger partial charge in [-0.25, -0.2) is 0 Å². The number of carbonyl (C=O) groups is 3. The average Bonchev–Trinajstić information content (AvgIpc) is 3.52. The Morgan fingerprint density at radius 1 is 0.810 bits per heavy atom. The first-order valence-electron chi connectivity index (χ1n) is 21.7. The van der Waals surface area contributed by atoms with Gasteiger partial charge in [-0.15, -0.1) is 0 Å². The van der Waals surface area contributed by atoms with Gasteiger partial charge in [0.2, 0.25) is 0 Å². The van der Waals surface area contributed by atoms with Gasteiger partial charge in [0, 0.05) is 18.8 Å². The van der Waals surface area contributed by atoms with Crippen molar-refractivity contribution >= 4 is 25.5 Å². The lowest BCUT2D eigenvalue weighted by Gasteiger charge is -2.28. The van der Waals surface area contributed by atoms with Gasteiger partial charge in [0.25, 0.3) is 7.82 Å². The molecule has 0 saturated heterocycles. The maximum absolute atomic E-state index is 12.8. The van der Waals surface area contributed by atoms with E-state index in [0.29, 0.717) is 43.1 Å². The fraction of sp³-hybridized carbons (Fsp3) is 0.674. The number of unbranched alkanes of at least 4 members (excludes halogenated alkanes) is 8. The molecule has 1 aliphatic carbocycles. The Bertz CT molecular complexity index is 1360. The summed E-state index contributed by atoms with van der Waals surface area (Å²) in [5, 5.41) is 10.2. The zero-order chi connectivity index (χ0) is 42.9. The van der Waals surface area contributed by atoms with Crippen molar-refractivity contribution in [1.29, 1.82) is 0 Å². The number of carbonyl (C=O) groups excluding carboxylic acids is 3. The SMILES string of the molecule is CCCCC/C=C\C/C=C\C/C=C\CCCCC(=O)OC[C@H](COP(=O)([O-])OCC[N+](C)(C)C)OC(=O)CCC/C=C\C[C@H]1C=CC(=O)[C@@H]1/C=C/[C@@H](O)CCCCC. The van der Waals surface area contributed by atoms with Gasteiger partial charge in [-0.2, -0.15) is 0 Å². The number of ether oxygens (including phenoxy) is 2. The van der Waals surface area contributed by atoms with Gasteiger partial charge in [-0.05, 0) is 82.6 Å². The summed E-state index contributed by atoms with van der Waals surface area (Å²) in [6.45, 7) is 3.79. The van der Waals surface area contributed by atoms with Gasteiger partial charge in [0.1, 0.15) is 19.8 Å². The van der Waals surface area contributed by atoms with Crippen molar-refractivity contribution in [2.45, 2.75) is 142 Å². The minimum absolute atomic E-state index is 0.0108. The van der Waals surface area contributed by atoms with E-state index in [-0.39, 0.29) is 43.7 Å². The third kappa shape index (κ3) is 30.2. The van der Waals surface area contributed by atoms with Crippen LogP contribution in [-0.4, -0.2) is 87.0 Å². The number of allylic oxidation sites excluding steroid dienone is 11. The number of nitrogens with zero attached hydrogens (tertiary/aromatic N) is 1. The van der Waals surface area contributed by atoms with Crippen LogP contribution in [0.1, 0.15) is 129 Å². The maximum atomic E-state index is 12.8. The first kappa shape index (κ1) is 53.1. The first-order chi connectivity index (χ1) is 27.8. The van der Waals surface area contributed by atoms with E-state index in [1.54, 1.807) is 12.2 Å². The fourth-order valence-corrected chi connectivity index (χ4v) is 6.61. The molecule has 11 nitrogen and oxygen atoms in total. The molecule has 0 aromatic carbocycles. The summed E-state index contributed by atoms with van der Waals surface area (Å²) in [7, 11) is 1.01. The van der Waals surface area contributed by atoms with Crippen LogP contribution in [0.5, 0.6) is 0 Å². The zero-order valence-electron chi connectivity index (χ0n) is 36.3. The Morgan fingerprint density at radius 2 is 1.41 bits per heavy atom. The highest BCUT2D eigenvalue weighted by atomic mass is 31.2. The van der Waals surface area contributed by atoms with Gasteiger partial charge < -0.3 is 33.0 Å². The summed E-state index contributed by atoms with van der Waals surface area (Å²) in [5.41, 5.74) is 0. The minimum atomic E-state index is -4.69. The zero-order valence-corrected chi connectivity index (χ0v) is 37.2. The van der Waals surface area contributed by atoms with Crippen molar-refractivity contribution < 1.29 is 52.0 Å². The van der Waals surface area contributed by atoms with Crippen molar-refractivity contribution in [2.24, 2.45) is 11.8 Å². The molecular weight excluding hydrogens is 757 g/mol. The lowest BCUT2D eigenvalue weighted by molar-refractivity contribution is -0.870. The summed E-state index contributed by atoms with van der Waals surface area (Å²) < 4.78 is 33.8. The Kier molecular flexibility index (Phi) is 30.1. The molecule has 1 N–H and O–H groups in total. The molecule has 0 saturated carbocycles. The molecule has 0 aromatic heterocycles. The second-order valence-electron chi connectivity index (χ2n) is 16.0. The topological polar surface area (TPSA) is 148 Å². The number of phosphoric acid groups is 1. The highest BCUT2D eigenvalue weighted by Gasteiger charge is 2.27. The molecule has 0 heterocycles. The van der Waals surface area contributed by atoms with Crippen LogP contribution >= 0.6 is 7.82 Å². The second kappa shape index (κ2) is 32.9. The highest BCUT2D eigenvalue weighted by Crippen LogP contribution is 2.38. The molecule has 1 unspecified atom stereocenters. The summed E-state index contributed by atoms with van der Waals surface area (Å²) in [4.78, 5) is 50.1. The number of esters is 2. The van der Waals surface area contributed by atoms with E-state index in [9.17, 15) is 28.9 Å². The van der Waals surface area contributed by atoms with E-state index in [2.05, 4.69) is 50.3 Å². The number of phosphoric ester groups is 1. The Labute approximate surface area is 350 Å². The van der Waals surface area contributed by atoms with Crippen molar-refractivity contribution in [2.75, 3.05) is 47.5 Å². The summed E-state index contributed by atoms with van der Waals surface area (Å²) in [6, 6.07) is 0. The smallest absolute Gasteiger partial charge is 0.306 e. The molecule has 0 fully saturated rings. The Balaban J connectivity index is 2.52. The van der Waals surface area contributed by atoms with Crippen LogP contribution in [0.2, 0.25) is 0 Å². The monoisotopic (exact) mass is 834 g/mol. The standard InChI is InChI=1S/C46H76NO10P/c1-6-8-10-11-12-13-14-15-16-17-18-19-20-21-26-30-45(50)54-38-42(39-56-58(52,53)55-37-36-47(3,4)5)57-46(51)31-27-23-22-25-28-40-32-35-44(49)43(40)34-33-41(48)29-24-9-7-2/h12-13,15-16,18-19,22,25,32-35,40-43,48H,6-11,14,17,20-21,23-24,26-31,36-39H2,1-5H3/b13-12-,16-15-,19-18-,25-22-,34-33+/t40-,41-,42+,43+/m0/s1. The first-order valence-corrected chi connectivity index (χ1v) is 23.2. The molecule has 0 radical (unpaired) electrons. The van der Waals surface area contributed by atoms with E-state index in [1.165, 1.54) is 19.3 Å². The van der Waals surface area contributed by atoms with Crippen molar-refractivity contribution in [3.8, 4) is 0 Å². The van der Waals surface area contributed by atoms with E-state index >= 15 is 0 Å². The molecular formula is C46H76NO10P. The Morgan fingerprint density at radius 3 is 2.09 bits per heavy atom. The van der Waals surface area contributed by atoms with E-state index in [1.807, 2.05) is 45.4 Å². The number of hydrogen-bond acceptors (Lipinski definition) is 10. The minimum Gasteiger partial charge on any atom is -0.756 e. The van der Waals surface area contributed by atoms with Crippen molar-refractivity contribution in [1.82, 2.24) is 0 Å². The van der Waals surface area contributed by atoms with Crippen LogP contribution in [0.3, 0.4) is 0 Å². The number of aliphatic hydroxyl groups excluding tert-OH is 1. The summed E-state index contributed by atoms with van der Waals surface area (Å²) in [6.07, 6.45) is 37.1. The van der Waals surface area contributed by atoms with Gasteiger partial charge in [0.05, 0.1) is 33.9 Å². The Hall–Kier alpha value is -2.92. The number of rotatable bonds is 35. The number of aliphatic hydroxyl groups is 1. The molecule has 1 rings (SSSR count). The van der Waals surface area contributed by atoms with Gasteiger partial charge in [-0.1, -0.05) is 113 Å². The molecule has 330 valence electrons. The highest BCUT2D eigenvalue weighted by molar-refractivity contribution is 7.45. The number of quaternary nitrogens is 1. The quantitative estimate of drug-likeness (QED) is 0.0215. The molecule has 0 amide bonds. The van der Waals surface area contributed by atoms with Crippen LogP contribution in [0.15, 0.2) is 72.9 Å². The number of ketones is 1. The van der Waals surface area contributed by atoms with E-state index in [4.69, 9.17) is 18.5 Å². The third-order valence-electron chi connectivity index (χ3n) is 9.45. The normalized spacial score (nSPS) is 18.4. The van der Waals surface area contributed by atoms with Crippen LogP contribution in [-0.2, 0) is 37.5 Å². The number of likely N-dealkylation sites (N-methyl/N-ethyl adjacent to an activating group) is 1. The molecule has 1 aliphatic rings. The predicted octanol–water partition coefficient (Wildman–Crippen LogP) is 9.22. The van der Waals surface area contributed by atoms with Gasteiger partial charge >= 0.3 is 11.9 Å². The summed E-state index contributed by atoms with van der Waals surface area (Å²) >= 11 is 0. The third-order valence-corrected chi connectivity index (χ3v) is 10.4. The van der Waals surface area contributed by atoms with Crippen LogP contribution in [0.4, 0.5) is 0 Å². The van der Waals surface area contributed by atoms with Gasteiger partial charge in [-0.3, -0.25) is 18.9 Å². The average molecular weight is 834 g/mol. The number of hydrogen-bond donors (Lipinski definition) is 1. The lowest BCUT2D eigenvalue weighted by Crippen LogP contribution is -2.37. The molecule has 12 heteroatoms. The van der Waals surface area contributed by atoms with Crippen LogP contribution in [0, 0.1) is 11.8 Å². The molecule has 0 aliphatic heterocycles. The fourth-order valence-electron chi connectivity index (χ4n) is 5.88. The van der Waals surface area contributed by atoms with Crippen LogP contribution < -0.4 is 4.89 Å². The predicted molar refractivity (Wildman–Crippen MR) is 231 cm³/mol. The molecule has 0 bridgehead atoms. The summed E-state index contributed by atoms with van der Waals surface area (Å²) in [5.74, 6) is -1.29. The maximum Gasteiger partial charge on any atom is 0.306 e. The molecule has 0 aromatic rings. The second-order valence-corrected chi connectivity index (χ2v) is 17.4. The lowest BCUT2D eigenvalue weighted by atomic mass is 9.90. The largest absolute Gasteiger partial charge is 0.756 e. The van der Waals surface area contributed by atoms with Crippen molar-refractivity contribution in [3.05, 3.63) is 72.9 Å². The van der Waals surface area contributed by atoms with Crippen LogP contribution in [0.25, 0.3) is 0 Å². The molecule has 5 atom stereocenters.